The summed E-state index contributed by atoms with van der Waals surface area (Å²) in [5.74, 6) is -0.920. The van der Waals surface area contributed by atoms with Crippen LogP contribution in [0, 0.1) is 23.2 Å². The molecule has 1 saturated heterocycles. The van der Waals surface area contributed by atoms with Gasteiger partial charge in [0, 0.05) is 22.9 Å². The van der Waals surface area contributed by atoms with Gasteiger partial charge < -0.3 is 23.8 Å². The number of carbonyl (C=O) groups excluding carboxylic acids is 2. The van der Waals surface area contributed by atoms with E-state index in [1.54, 1.807) is 7.11 Å². The number of methoxy groups -OCH3 is 3. The van der Waals surface area contributed by atoms with Crippen molar-refractivity contribution in [1.29, 1.82) is 0 Å². The van der Waals surface area contributed by atoms with Crippen molar-refractivity contribution in [1.82, 2.24) is 4.90 Å². The van der Waals surface area contributed by atoms with E-state index in [4.69, 9.17) is 18.9 Å². The van der Waals surface area contributed by atoms with E-state index in [2.05, 4.69) is 37.1 Å². The van der Waals surface area contributed by atoms with Crippen molar-refractivity contribution >= 4 is 11.9 Å². The van der Waals surface area contributed by atoms with Crippen molar-refractivity contribution < 1.29 is 28.5 Å². The lowest BCUT2D eigenvalue weighted by atomic mass is 9.32. The lowest BCUT2D eigenvalue weighted by Gasteiger charge is -2.73. The second-order valence-corrected chi connectivity index (χ2v) is 10.1. The lowest BCUT2D eigenvalue weighted by molar-refractivity contribution is -0.226. The summed E-state index contributed by atoms with van der Waals surface area (Å²) < 4.78 is 23.2. The molecule has 1 aromatic carbocycles. The van der Waals surface area contributed by atoms with Crippen LogP contribution < -0.4 is 9.47 Å². The van der Waals surface area contributed by atoms with Crippen LogP contribution >= 0.6 is 0 Å². The number of piperidine rings is 1. The molecule has 2 aliphatic heterocycles. The van der Waals surface area contributed by atoms with Gasteiger partial charge in [-0.1, -0.05) is 18.2 Å². The van der Waals surface area contributed by atoms with Gasteiger partial charge in [0.15, 0.2) is 11.5 Å². The summed E-state index contributed by atoms with van der Waals surface area (Å²) in [4.78, 5) is 29.1. The molecule has 0 amide bonds. The van der Waals surface area contributed by atoms with Crippen LogP contribution in [-0.4, -0.2) is 63.4 Å². The normalized spacial score (nSPS) is 42.2. The van der Waals surface area contributed by atoms with E-state index in [0.29, 0.717) is 5.75 Å². The van der Waals surface area contributed by atoms with Crippen molar-refractivity contribution in [3.8, 4) is 11.5 Å². The van der Waals surface area contributed by atoms with Crippen molar-refractivity contribution in [3.63, 3.8) is 0 Å². The van der Waals surface area contributed by atoms with Gasteiger partial charge in [0.1, 0.15) is 5.60 Å². The number of fused-ring (bicyclic) bond motifs is 1. The molecule has 0 unspecified atom stereocenters. The van der Waals surface area contributed by atoms with Gasteiger partial charge in [-0.2, -0.15) is 0 Å². The third kappa shape index (κ3) is 1.80. The van der Waals surface area contributed by atoms with Crippen LogP contribution in [0.3, 0.4) is 0 Å². The van der Waals surface area contributed by atoms with E-state index in [9.17, 15) is 9.59 Å². The Kier molecular flexibility index (Phi) is 3.81. The number of benzene rings is 1. The number of esters is 2. The number of ether oxygens (including phenoxy) is 4. The SMILES string of the molecule is COC(=O)[C@H]1[C@@H](C(=O)OC)[C@@]23C=C[C@H]1[C@@]1(C)Oc4c(OC)ccc5c4[C@]21CCN(C)[C@@H]3C5. The summed E-state index contributed by atoms with van der Waals surface area (Å²) in [6, 6.07) is 4.15. The predicted molar refractivity (Wildman–Crippen MR) is 115 cm³/mol. The van der Waals surface area contributed by atoms with Crippen molar-refractivity contribution in [3.05, 3.63) is 35.4 Å². The quantitative estimate of drug-likeness (QED) is 0.528. The molecule has 7 rings (SSSR count). The first kappa shape index (κ1) is 20.1. The summed E-state index contributed by atoms with van der Waals surface area (Å²) >= 11 is 0. The molecule has 1 aromatic rings. The molecule has 0 N–H and O–H groups in total. The number of rotatable bonds is 3. The second kappa shape index (κ2) is 6.07. The molecule has 2 heterocycles. The molecule has 170 valence electrons. The Morgan fingerprint density at radius 1 is 1.16 bits per heavy atom. The highest BCUT2D eigenvalue weighted by Crippen LogP contribution is 2.78. The Morgan fingerprint density at radius 2 is 1.91 bits per heavy atom. The largest absolute Gasteiger partial charge is 0.493 e. The zero-order valence-electron chi connectivity index (χ0n) is 19.1. The van der Waals surface area contributed by atoms with Crippen molar-refractivity contribution in [2.24, 2.45) is 23.2 Å². The van der Waals surface area contributed by atoms with Crippen molar-refractivity contribution in [2.45, 2.75) is 36.8 Å². The van der Waals surface area contributed by atoms with Gasteiger partial charge in [-0.05, 0) is 45.0 Å². The molecule has 0 aromatic heterocycles. The van der Waals surface area contributed by atoms with Gasteiger partial charge in [-0.3, -0.25) is 9.59 Å². The summed E-state index contributed by atoms with van der Waals surface area (Å²) in [5.41, 5.74) is 0.579. The number of likely N-dealkylation sites (tertiary alicyclic amines) is 1. The fourth-order valence-electron chi connectivity index (χ4n) is 8.45. The van der Waals surface area contributed by atoms with Crippen LogP contribution in [0.5, 0.6) is 11.5 Å². The molecule has 4 aliphatic carbocycles. The van der Waals surface area contributed by atoms with Crippen LogP contribution in [0.2, 0.25) is 0 Å². The van der Waals surface area contributed by atoms with Crippen LogP contribution in [0.25, 0.3) is 0 Å². The minimum absolute atomic E-state index is 0.0276. The van der Waals surface area contributed by atoms with E-state index in [1.165, 1.54) is 19.8 Å². The van der Waals surface area contributed by atoms with Crippen LogP contribution in [0.15, 0.2) is 24.3 Å². The zero-order chi connectivity index (χ0) is 22.6. The molecular weight excluding hydrogens is 410 g/mol. The Morgan fingerprint density at radius 3 is 2.59 bits per heavy atom. The third-order valence-corrected chi connectivity index (χ3v) is 9.50. The maximum Gasteiger partial charge on any atom is 0.310 e. The maximum absolute atomic E-state index is 13.5. The van der Waals surface area contributed by atoms with Crippen LogP contribution in [-0.2, 0) is 30.9 Å². The van der Waals surface area contributed by atoms with Gasteiger partial charge in [0.25, 0.3) is 0 Å². The molecule has 1 saturated carbocycles. The van der Waals surface area contributed by atoms with Crippen LogP contribution in [0.1, 0.15) is 24.5 Å². The maximum atomic E-state index is 13.5. The van der Waals surface area contributed by atoms with E-state index >= 15 is 0 Å². The summed E-state index contributed by atoms with van der Waals surface area (Å²) in [5, 5.41) is 0. The minimum atomic E-state index is -0.712. The Balaban J connectivity index is 1.74. The molecule has 6 aliphatic rings. The highest BCUT2D eigenvalue weighted by molar-refractivity contribution is 5.87. The molecule has 0 radical (unpaired) electrons. The molecule has 2 fully saturated rings. The Hall–Kier alpha value is -2.54. The predicted octanol–water partition coefficient (Wildman–Crippen LogP) is 2.11. The first-order chi connectivity index (χ1) is 15.3. The molecule has 7 atom stereocenters. The number of hydrogen-bond donors (Lipinski definition) is 0. The summed E-state index contributed by atoms with van der Waals surface area (Å²) in [7, 11) is 6.57. The van der Waals surface area contributed by atoms with Gasteiger partial charge in [-0.25, -0.2) is 0 Å². The van der Waals surface area contributed by atoms with E-state index < -0.39 is 28.3 Å². The number of carbonyl (C=O) groups is 2. The fourth-order valence-corrected chi connectivity index (χ4v) is 8.45. The molecule has 32 heavy (non-hydrogen) atoms. The van der Waals surface area contributed by atoms with Gasteiger partial charge in [0.05, 0.1) is 38.6 Å². The Bertz CT molecular complexity index is 1080. The number of nitrogens with zero attached hydrogens (tertiary/aromatic N) is 1. The molecule has 7 nitrogen and oxygen atoms in total. The summed E-state index contributed by atoms with van der Waals surface area (Å²) in [6.07, 6.45) is 5.92. The highest BCUT2D eigenvalue weighted by atomic mass is 16.5. The van der Waals surface area contributed by atoms with E-state index in [-0.39, 0.29) is 23.9 Å². The topological polar surface area (TPSA) is 74.3 Å². The lowest BCUT2D eigenvalue weighted by Crippen LogP contribution is -2.82. The summed E-state index contributed by atoms with van der Waals surface area (Å²) in [6.45, 7) is 3.01. The molecule has 4 bridgehead atoms. The zero-order valence-corrected chi connectivity index (χ0v) is 19.1. The minimum Gasteiger partial charge on any atom is -0.493 e. The average molecular weight is 440 g/mol. The van der Waals surface area contributed by atoms with Crippen LogP contribution in [0.4, 0.5) is 0 Å². The smallest absolute Gasteiger partial charge is 0.310 e. The standard InChI is InChI=1S/C25H29NO6/c1-23-14-8-9-24(19(22(28)31-5)17(14)21(27)30-4)16-12-13-6-7-15(29-3)20(32-23)18(13)25(23,24)10-11-26(16)2/h6-9,14,16-17,19H,10-12H2,1-5H3/t14-,16-,17-,19+,23-,24+,25+/m1/s1. The van der Waals surface area contributed by atoms with Gasteiger partial charge in [0.2, 0.25) is 0 Å². The molecular formula is C25H29NO6. The third-order valence-electron chi connectivity index (χ3n) is 9.50. The highest BCUT2D eigenvalue weighted by Gasteiger charge is 2.84. The van der Waals surface area contributed by atoms with Gasteiger partial charge in [-0.15, -0.1) is 0 Å². The van der Waals surface area contributed by atoms with Crippen molar-refractivity contribution in [2.75, 3.05) is 34.9 Å². The number of hydrogen-bond acceptors (Lipinski definition) is 7. The second-order valence-electron chi connectivity index (χ2n) is 10.1. The number of likely N-dealkylation sites (N-methyl/N-ethyl adjacent to an activating group) is 1. The fraction of sp³-hybridized carbons (Fsp3) is 0.600. The molecule has 2 spiro atoms. The van der Waals surface area contributed by atoms with E-state index in [0.717, 1.165) is 30.7 Å². The monoisotopic (exact) mass is 439 g/mol. The Labute approximate surface area is 187 Å². The van der Waals surface area contributed by atoms with Gasteiger partial charge >= 0.3 is 11.9 Å². The molecule has 7 heteroatoms. The van der Waals surface area contributed by atoms with E-state index in [1.807, 2.05) is 6.07 Å². The first-order valence-electron chi connectivity index (χ1n) is 11.3. The average Bonchev–Trinajstić information content (AvgIpc) is 3.09. The first-order valence-corrected chi connectivity index (χ1v) is 11.3.